The van der Waals surface area contributed by atoms with E-state index >= 15 is 0 Å². The molecule has 0 saturated carbocycles. The van der Waals surface area contributed by atoms with E-state index in [0.717, 1.165) is 65.9 Å². The third-order valence-electron chi connectivity index (χ3n) is 7.35. The summed E-state index contributed by atoms with van der Waals surface area (Å²) in [7, 11) is 1.73. The summed E-state index contributed by atoms with van der Waals surface area (Å²) >= 11 is 0. The van der Waals surface area contributed by atoms with Gasteiger partial charge in [-0.15, -0.1) is 0 Å². The van der Waals surface area contributed by atoms with E-state index in [1.807, 2.05) is 61.5 Å². The Balaban J connectivity index is 1.24. The molecular formula is C32H40N2O6. The fourth-order valence-corrected chi connectivity index (χ4v) is 5.41. The second kappa shape index (κ2) is 13.9. The number of hydrogen-bond donors (Lipinski definition) is 2. The molecule has 0 radical (unpaired) electrons. The summed E-state index contributed by atoms with van der Waals surface area (Å²) in [5.41, 5.74) is 3.21. The molecule has 8 nitrogen and oxygen atoms in total. The van der Waals surface area contributed by atoms with Crippen LogP contribution in [0.4, 0.5) is 5.69 Å². The van der Waals surface area contributed by atoms with Crippen LogP contribution in [0, 0.1) is 0 Å². The highest BCUT2D eigenvalue weighted by atomic mass is 16.5. The molecule has 2 heterocycles. The summed E-state index contributed by atoms with van der Waals surface area (Å²) in [5.74, 6) is 2.98. The van der Waals surface area contributed by atoms with Crippen LogP contribution in [0.1, 0.15) is 30.4 Å². The van der Waals surface area contributed by atoms with Crippen molar-refractivity contribution in [3.05, 3.63) is 77.9 Å². The molecule has 2 aliphatic rings. The van der Waals surface area contributed by atoms with E-state index in [4.69, 9.17) is 23.7 Å². The molecular weight excluding hydrogens is 508 g/mol. The largest absolute Gasteiger partial charge is 0.494 e. The Morgan fingerprint density at radius 1 is 1.00 bits per heavy atom. The zero-order chi connectivity index (χ0) is 27.7. The number of aliphatic hydroxyl groups is 1. The maximum Gasteiger partial charge on any atom is 0.142 e. The van der Waals surface area contributed by atoms with Crippen molar-refractivity contribution in [2.45, 2.75) is 38.1 Å². The van der Waals surface area contributed by atoms with Crippen LogP contribution in [0.2, 0.25) is 0 Å². The Labute approximate surface area is 236 Å². The molecule has 0 amide bonds. The molecule has 3 aromatic carbocycles. The van der Waals surface area contributed by atoms with Gasteiger partial charge in [-0.2, -0.15) is 0 Å². The molecule has 5 rings (SSSR count). The third-order valence-corrected chi connectivity index (χ3v) is 7.35. The summed E-state index contributed by atoms with van der Waals surface area (Å²) in [5, 5.41) is 14.3. The fourth-order valence-electron chi connectivity index (χ4n) is 5.41. The van der Waals surface area contributed by atoms with Gasteiger partial charge in [-0.1, -0.05) is 24.3 Å². The van der Waals surface area contributed by atoms with E-state index in [-0.39, 0.29) is 12.0 Å². The number of benzene rings is 3. The van der Waals surface area contributed by atoms with Crippen molar-refractivity contribution in [3.63, 3.8) is 0 Å². The first-order chi connectivity index (χ1) is 19.6. The first-order valence-corrected chi connectivity index (χ1v) is 14.1. The highest BCUT2D eigenvalue weighted by Crippen LogP contribution is 2.35. The molecule has 0 bridgehead atoms. The third kappa shape index (κ3) is 7.06. The molecule has 3 atom stereocenters. The van der Waals surface area contributed by atoms with Gasteiger partial charge in [0.15, 0.2) is 0 Å². The lowest BCUT2D eigenvalue weighted by molar-refractivity contribution is -0.0328. The number of rotatable bonds is 12. The van der Waals surface area contributed by atoms with Gasteiger partial charge in [-0.3, -0.25) is 0 Å². The van der Waals surface area contributed by atoms with Crippen LogP contribution in [0.25, 0.3) is 0 Å². The van der Waals surface area contributed by atoms with Crippen molar-refractivity contribution in [1.29, 1.82) is 0 Å². The minimum Gasteiger partial charge on any atom is -0.494 e. The normalized spacial score (nSPS) is 20.5. The van der Waals surface area contributed by atoms with Crippen molar-refractivity contribution >= 4 is 5.69 Å². The predicted octanol–water partition coefficient (Wildman–Crippen LogP) is 4.75. The quantitative estimate of drug-likeness (QED) is 0.314. The molecule has 8 heteroatoms. The van der Waals surface area contributed by atoms with Gasteiger partial charge in [0.1, 0.15) is 29.6 Å². The minimum absolute atomic E-state index is 0.150. The number of anilines is 1. The Hall–Kier alpha value is -3.30. The van der Waals surface area contributed by atoms with E-state index in [2.05, 4.69) is 22.3 Å². The molecule has 0 unspecified atom stereocenters. The second-order valence-corrected chi connectivity index (χ2v) is 10.2. The number of nitrogens with zero attached hydrogens (tertiary/aromatic N) is 1. The molecule has 2 N–H and O–H groups in total. The van der Waals surface area contributed by atoms with E-state index < -0.39 is 6.10 Å². The molecule has 0 aromatic heterocycles. The van der Waals surface area contributed by atoms with E-state index in [1.165, 1.54) is 0 Å². The molecule has 0 aliphatic carbocycles. The van der Waals surface area contributed by atoms with Gasteiger partial charge in [-0.05, 0) is 60.9 Å². The van der Waals surface area contributed by atoms with E-state index in [1.54, 1.807) is 7.11 Å². The van der Waals surface area contributed by atoms with Crippen LogP contribution in [-0.4, -0.2) is 70.4 Å². The molecule has 40 heavy (non-hydrogen) atoms. The maximum atomic E-state index is 11.0. The van der Waals surface area contributed by atoms with Crippen LogP contribution in [0.5, 0.6) is 23.0 Å². The van der Waals surface area contributed by atoms with Crippen LogP contribution < -0.4 is 24.4 Å². The Bertz CT molecular complexity index is 1220. The van der Waals surface area contributed by atoms with Gasteiger partial charge in [-0.25, -0.2) is 0 Å². The zero-order valence-corrected chi connectivity index (χ0v) is 23.4. The Morgan fingerprint density at radius 3 is 2.67 bits per heavy atom. The van der Waals surface area contributed by atoms with Crippen molar-refractivity contribution in [2.24, 2.45) is 0 Å². The molecule has 3 aromatic rings. The number of methoxy groups -OCH3 is 1. The number of hydrogen-bond acceptors (Lipinski definition) is 8. The Kier molecular flexibility index (Phi) is 9.78. The standard InChI is InChI=1S/C32H40N2O6/c1-3-37-26-6-4-7-27(19-26)40-25-11-9-24(10-12-25)32-29(35)20-33-21-31(32)39-22-23-8-13-30-28(18-23)34(15-17-38-30)14-5-16-36-2/h4,6-13,18-19,29,31-33,35H,3,5,14-17,20-22H2,1-2H3/t29-,31+,32+/m1/s1. The summed E-state index contributed by atoms with van der Waals surface area (Å²) in [4.78, 5) is 2.35. The van der Waals surface area contributed by atoms with Crippen LogP contribution >= 0.6 is 0 Å². The monoisotopic (exact) mass is 548 g/mol. The number of aliphatic hydroxyl groups excluding tert-OH is 1. The lowest BCUT2D eigenvalue weighted by Crippen LogP contribution is -2.49. The SMILES string of the molecule is CCOc1cccc(Oc2ccc([C@H]3[C@H](O)CNC[C@@H]3OCc3ccc4c(c3)N(CCCOC)CCO4)cc2)c1. The van der Waals surface area contributed by atoms with Gasteiger partial charge >= 0.3 is 0 Å². The zero-order valence-electron chi connectivity index (χ0n) is 23.4. The summed E-state index contributed by atoms with van der Waals surface area (Å²) in [6.07, 6.45) is 0.234. The first-order valence-electron chi connectivity index (χ1n) is 14.1. The lowest BCUT2D eigenvalue weighted by atomic mass is 9.85. The van der Waals surface area contributed by atoms with Crippen molar-refractivity contribution in [1.82, 2.24) is 5.32 Å². The van der Waals surface area contributed by atoms with Crippen LogP contribution in [0.3, 0.4) is 0 Å². The highest BCUT2D eigenvalue weighted by Gasteiger charge is 2.34. The first kappa shape index (κ1) is 28.2. The topological polar surface area (TPSA) is 81.7 Å². The molecule has 1 fully saturated rings. The van der Waals surface area contributed by atoms with E-state index in [9.17, 15) is 5.11 Å². The number of fused-ring (bicyclic) bond motifs is 1. The fraction of sp³-hybridized carbons (Fsp3) is 0.438. The minimum atomic E-state index is -0.554. The average molecular weight is 549 g/mol. The smallest absolute Gasteiger partial charge is 0.142 e. The maximum absolute atomic E-state index is 11.0. The lowest BCUT2D eigenvalue weighted by Gasteiger charge is -2.36. The van der Waals surface area contributed by atoms with Crippen LogP contribution in [0.15, 0.2) is 66.7 Å². The predicted molar refractivity (Wildman–Crippen MR) is 155 cm³/mol. The van der Waals surface area contributed by atoms with E-state index in [0.29, 0.717) is 32.9 Å². The summed E-state index contributed by atoms with van der Waals surface area (Å²) in [6.45, 7) is 7.42. The molecule has 1 saturated heterocycles. The molecule has 214 valence electrons. The average Bonchev–Trinajstić information content (AvgIpc) is 2.97. The Morgan fingerprint density at radius 2 is 1.85 bits per heavy atom. The van der Waals surface area contributed by atoms with Gasteiger partial charge in [0, 0.05) is 45.3 Å². The van der Waals surface area contributed by atoms with Gasteiger partial charge in [0.2, 0.25) is 0 Å². The van der Waals surface area contributed by atoms with Gasteiger partial charge in [0.25, 0.3) is 0 Å². The van der Waals surface area contributed by atoms with Crippen molar-refractivity contribution < 1.29 is 28.8 Å². The van der Waals surface area contributed by atoms with Gasteiger partial charge in [0.05, 0.1) is 37.7 Å². The molecule has 2 aliphatic heterocycles. The molecule has 0 spiro atoms. The second-order valence-electron chi connectivity index (χ2n) is 10.2. The van der Waals surface area contributed by atoms with Crippen LogP contribution in [-0.2, 0) is 16.1 Å². The summed E-state index contributed by atoms with van der Waals surface area (Å²) in [6, 6.07) is 21.8. The van der Waals surface area contributed by atoms with Gasteiger partial charge < -0.3 is 39.0 Å². The van der Waals surface area contributed by atoms with Crippen molar-refractivity contribution in [3.8, 4) is 23.0 Å². The number of β-amino-alcohol motifs (C(OH)–C–C–N with tert-alkyl or cyclic N) is 1. The number of ether oxygens (including phenoxy) is 5. The summed E-state index contributed by atoms with van der Waals surface area (Å²) < 4.78 is 29.2. The van der Waals surface area contributed by atoms with Crippen molar-refractivity contribution in [2.75, 3.05) is 58.0 Å². The number of nitrogens with one attached hydrogen (secondary N) is 1. The highest BCUT2D eigenvalue weighted by molar-refractivity contribution is 5.61. The number of piperidine rings is 1.